The predicted octanol–water partition coefficient (Wildman–Crippen LogP) is 4.40. The predicted molar refractivity (Wildman–Crippen MR) is 120 cm³/mol. The second-order valence-electron chi connectivity index (χ2n) is 8.03. The van der Waals surface area contributed by atoms with E-state index in [2.05, 4.69) is 5.32 Å². The minimum absolute atomic E-state index is 0.0605. The van der Waals surface area contributed by atoms with Gasteiger partial charge < -0.3 is 19.9 Å². The highest BCUT2D eigenvalue weighted by molar-refractivity contribution is 6.30. The van der Waals surface area contributed by atoms with Crippen LogP contribution >= 0.6 is 23.2 Å². The summed E-state index contributed by atoms with van der Waals surface area (Å²) < 4.78 is 5.64. The van der Waals surface area contributed by atoms with E-state index in [0.29, 0.717) is 42.8 Å². The van der Waals surface area contributed by atoms with Crippen molar-refractivity contribution in [2.75, 3.05) is 20.2 Å². The Bertz CT molecular complexity index is 967. The monoisotopic (exact) mass is 461 g/mol. The van der Waals surface area contributed by atoms with Crippen LogP contribution in [0, 0.1) is 0 Å². The average molecular weight is 462 g/mol. The number of halogens is 2. The molecule has 0 saturated carbocycles. The van der Waals surface area contributed by atoms with Crippen LogP contribution in [0.3, 0.4) is 0 Å². The number of likely N-dealkylation sites (tertiary alicyclic amines) is 1. The molecule has 31 heavy (non-hydrogen) atoms. The number of carbonyl (C=O) groups excluding carboxylic acids is 2. The minimum Gasteiger partial charge on any atom is -0.374 e. The summed E-state index contributed by atoms with van der Waals surface area (Å²) in [6, 6.07) is 12.1. The van der Waals surface area contributed by atoms with Crippen molar-refractivity contribution in [2.24, 2.45) is 0 Å². The zero-order valence-corrected chi connectivity index (χ0v) is 18.8. The van der Waals surface area contributed by atoms with Crippen molar-refractivity contribution in [3.8, 4) is 0 Å². The Morgan fingerprint density at radius 1 is 1.16 bits per heavy atom. The molecule has 2 aliphatic heterocycles. The molecule has 0 aromatic heterocycles. The van der Waals surface area contributed by atoms with Gasteiger partial charge in [-0.05, 0) is 53.8 Å². The second-order valence-corrected chi connectivity index (χ2v) is 8.91. The Hall–Kier alpha value is -2.28. The fourth-order valence-electron chi connectivity index (χ4n) is 4.23. The standard InChI is InChI=1S/C23H25Cl2N3O3/c1-27(12-15-4-6-17(24)7-5-15)22(29)21-3-2-10-28(21)23(30)26-20-14-31-13-16-11-18(25)8-9-19(16)20/h4-9,11,20-21H,2-3,10,12-14H2,1H3,(H,26,30). The SMILES string of the molecule is CN(Cc1ccc(Cl)cc1)C(=O)C1CCCN1C(=O)NC1COCc2cc(Cl)ccc21. The number of likely N-dealkylation sites (N-methyl/N-ethyl adjacent to an activating group) is 1. The first-order valence-corrected chi connectivity index (χ1v) is 11.1. The molecule has 0 spiro atoms. The van der Waals surface area contributed by atoms with E-state index in [1.54, 1.807) is 16.8 Å². The lowest BCUT2D eigenvalue weighted by molar-refractivity contribution is -0.134. The highest BCUT2D eigenvalue weighted by atomic mass is 35.5. The van der Waals surface area contributed by atoms with Crippen LogP contribution in [0.15, 0.2) is 42.5 Å². The summed E-state index contributed by atoms with van der Waals surface area (Å²) in [4.78, 5) is 29.5. The van der Waals surface area contributed by atoms with Crippen molar-refractivity contribution >= 4 is 35.1 Å². The molecule has 0 radical (unpaired) electrons. The molecule has 3 amide bonds. The van der Waals surface area contributed by atoms with Crippen LogP contribution in [-0.4, -0.2) is 48.0 Å². The molecule has 2 aromatic rings. The zero-order valence-electron chi connectivity index (χ0n) is 17.3. The van der Waals surface area contributed by atoms with Crippen LogP contribution in [0.2, 0.25) is 10.0 Å². The highest BCUT2D eigenvalue weighted by Gasteiger charge is 2.37. The average Bonchev–Trinajstić information content (AvgIpc) is 3.24. The van der Waals surface area contributed by atoms with Gasteiger partial charge in [0, 0.05) is 30.2 Å². The van der Waals surface area contributed by atoms with Crippen LogP contribution < -0.4 is 5.32 Å². The molecule has 6 nitrogen and oxygen atoms in total. The van der Waals surface area contributed by atoms with Gasteiger partial charge in [0.25, 0.3) is 0 Å². The number of fused-ring (bicyclic) bond motifs is 1. The van der Waals surface area contributed by atoms with Gasteiger partial charge in [-0.2, -0.15) is 0 Å². The van der Waals surface area contributed by atoms with E-state index in [1.165, 1.54) is 0 Å². The molecular weight excluding hydrogens is 437 g/mol. The third-order valence-corrected chi connectivity index (χ3v) is 6.32. The normalized spacial score (nSPS) is 20.3. The lowest BCUT2D eigenvalue weighted by atomic mass is 9.99. The molecule has 8 heteroatoms. The van der Waals surface area contributed by atoms with Crippen molar-refractivity contribution in [1.82, 2.24) is 15.1 Å². The van der Waals surface area contributed by atoms with Gasteiger partial charge in [0.1, 0.15) is 6.04 Å². The van der Waals surface area contributed by atoms with Crippen molar-refractivity contribution in [3.63, 3.8) is 0 Å². The van der Waals surface area contributed by atoms with Gasteiger partial charge in [-0.1, -0.05) is 41.4 Å². The summed E-state index contributed by atoms with van der Waals surface area (Å²) in [7, 11) is 1.76. The van der Waals surface area contributed by atoms with Gasteiger partial charge in [0.05, 0.1) is 19.3 Å². The summed E-state index contributed by atoms with van der Waals surface area (Å²) in [6.07, 6.45) is 1.45. The molecule has 0 aliphatic carbocycles. The van der Waals surface area contributed by atoms with Crippen molar-refractivity contribution in [1.29, 1.82) is 0 Å². The van der Waals surface area contributed by atoms with Crippen molar-refractivity contribution < 1.29 is 14.3 Å². The Balaban J connectivity index is 1.41. The topological polar surface area (TPSA) is 61.9 Å². The number of hydrogen-bond donors (Lipinski definition) is 1. The molecule has 2 aromatic carbocycles. The number of carbonyl (C=O) groups is 2. The fourth-order valence-corrected chi connectivity index (χ4v) is 4.55. The third kappa shape index (κ3) is 4.97. The number of rotatable bonds is 4. The molecule has 164 valence electrons. The van der Waals surface area contributed by atoms with E-state index in [-0.39, 0.29) is 18.0 Å². The van der Waals surface area contributed by atoms with E-state index >= 15 is 0 Å². The molecule has 0 bridgehead atoms. The van der Waals surface area contributed by atoms with Gasteiger partial charge in [0.2, 0.25) is 5.91 Å². The number of nitrogens with one attached hydrogen (secondary N) is 1. The quantitative estimate of drug-likeness (QED) is 0.733. The van der Waals surface area contributed by atoms with E-state index in [1.807, 2.05) is 42.5 Å². The Morgan fingerprint density at radius 2 is 1.90 bits per heavy atom. The van der Waals surface area contributed by atoms with Crippen molar-refractivity contribution in [2.45, 2.75) is 38.1 Å². The number of benzene rings is 2. The van der Waals surface area contributed by atoms with Gasteiger partial charge in [-0.15, -0.1) is 0 Å². The minimum atomic E-state index is -0.466. The summed E-state index contributed by atoms with van der Waals surface area (Å²) >= 11 is 12.0. The van der Waals surface area contributed by atoms with E-state index < -0.39 is 6.04 Å². The molecule has 1 fully saturated rings. The molecular formula is C23H25Cl2N3O3. The van der Waals surface area contributed by atoms with Gasteiger partial charge in [0.15, 0.2) is 0 Å². The Morgan fingerprint density at radius 3 is 2.68 bits per heavy atom. The van der Waals surface area contributed by atoms with Gasteiger partial charge in [-0.3, -0.25) is 4.79 Å². The summed E-state index contributed by atoms with van der Waals surface area (Å²) in [5.74, 6) is -0.0605. The number of hydrogen-bond acceptors (Lipinski definition) is 3. The first-order chi connectivity index (χ1) is 14.9. The van der Waals surface area contributed by atoms with E-state index in [0.717, 1.165) is 23.1 Å². The van der Waals surface area contributed by atoms with Crippen LogP contribution in [0.4, 0.5) is 4.79 Å². The first kappa shape index (κ1) is 21.9. The van der Waals surface area contributed by atoms with Crippen LogP contribution in [0.25, 0.3) is 0 Å². The van der Waals surface area contributed by atoms with Gasteiger partial charge >= 0.3 is 6.03 Å². The molecule has 4 rings (SSSR count). The van der Waals surface area contributed by atoms with Crippen LogP contribution in [0.5, 0.6) is 0 Å². The van der Waals surface area contributed by atoms with E-state index in [9.17, 15) is 9.59 Å². The molecule has 2 aliphatic rings. The molecule has 2 heterocycles. The summed E-state index contributed by atoms with van der Waals surface area (Å²) in [5.41, 5.74) is 2.97. The smallest absolute Gasteiger partial charge is 0.318 e. The third-order valence-electron chi connectivity index (χ3n) is 5.83. The zero-order chi connectivity index (χ0) is 22.0. The number of ether oxygens (including phenoxy) is 1. The maximum absolute atomic E-state index is 13.1. The maximum Gasteiger partial charge on any atom is 0.318 e. The molecule has 1 N–H and O–H groups in total. The summed E-state index contributed by atoms with van der Waals surface area (Å²) in [6.45, 7) is 1.89. The van der Waals surface area contributed by atoms with Crippen LogP contribution in [-0.2, 0) is 22.7 Å². The number of urea groups is 1. The highest BCUT2D eigenvalue weighted by Crippen LogP contribution is 2.28. The maximum atomic E-state index is 13.1. The first-order valence-electron chi connectivity index (χ1n) is 10.3. The number of amides is 3. The van der Waals surface area contributed by atoms with Gasteiger partial charge in [-0.25, -0.2) is 4.79 Å². The lowest BCUT2D eigenvalue weighted by Crippen LogP contribution is -2.51. The fraction of sp³-hybridized carbons (Fsp3) is 0.391. The van der Waals surface area contributed by atoms with E-state index in [4.69, 9.17) is 27.9 Å². The Labute approximate surface area is 192 Å². The number of nitrogens with zero attached hydrogens (tertiary/aromatic N) is 2. The second kappa shape index (κ2) is 9.47. The molecule has 2 atom stereocenters. The molecule has 1 saturated heterocycles. The van der Waals surface area contributed by atoms with Crippen LogP contribution in [0.1, 0.15) is 35.6 Å². The lowest BCUT2D eigenvalue weighted by Gasteiger charge is -2.32. The Kier molecular flexibility index (Phi) is 6.70. The van der Waals surface area contributed by atoms with Crippen molar-refractivity contribution in [3.05, 3.63) is 69.2 Å². The molecule has 2 unspecified atom stereocenters. The summed E-state index contributed by atoms with van der Waals surface area (Å²) in [5, 5.41) is 4.35. The largest absolute Gasteiger partial charge is 0.374 e.